The maximum Gasteiger partial charge on any atom is 0.210 e. The Balaban J connectivity index is 2.00. The lowest BCUT2D eigenvalue weighted by molar-refractivity contribution is 0.251. The average molecular weight is 249 g/mol. The molecule has 0 aromatic carbocycles. The van der Waals surface area contributed by atoms with E-state index >= 15 is 0 Å². The van der Waals surface area contributed by atoms with Crippen LogP contribution in [0.3, 0.4) is 0 Å². The highest BCUT2D eigenvalue weighted by atomic mass is 32.1. The summed E-state index contributed by atoms with van der Waals surface area (Å²) in [4.78, 5) is 10.4. The van der Waals surface area contributed by atoms with Gasteiger partial charge in [-0.1, -0.05) is 30.6 Å². The third-order valence-corrected chi connectivity index (χ3v) is 5.27. The molecule has 92 valence electrons. The van der Waals surface area contributed by atoms with Crippen molar-refractivity contribution >= 4 is 22.8 Å². The van der Waals surface area contributed by atoms with Gasteiger partial charge in [0.25, 0.3) is 0 Å². The minimum atomic E-state index is 0.394. The predicted octanol–water partition coefficient (Wildman–Crippen LogP) is 3.30. The highest BCUT2D eigenvalue weighted by Crippen LogP contribution is 2.49. The van der Waals surface area contributed by atoms with E-state index in [-0.39, 0.29) is 0 Å². The first-order valence-electron chi connectivity index (χ1n) is 6.58. The van der Waals surface area contributed by atoms with Crippen LogP contribution < -0.4 is 5.73 Å². The van der Waals surface area contributed by atoms with Gasteiger partial charge in [-0.2, -0.15) is 0 Å². The third-order valence-electron chi connectivity index (χ3n) is 4.24. The molecule has 1 heterocycles. The molecule has 4 heteroatoms. The Morgan fingerprint density at radius 3 is 2.71 bits per heavy atom. The van der Waals surface area contributed by atoms with E-state index in [1.165, 1.54) is 68.3 Å². The lowest BCUT2D eigenvalue weighted by atomic mass is 9.66. The quantitative estimate of drug-likeness (QED) is 0.613. The van der Waals surface area contributed by atoms with E-state index in [4.69, 9.17) is 10.7 Å². The summed E-state index contributed by atoms with van der Waals surface area (Å²) >= 11 is 1.74. The zero-order valence-electron chi connectivity index (χ0n) is 10.1. The first-order valence-corrected chi connectivity index (χ1v) is 7.40. The number of thiazole rings is 1. The molecule has 2 N–H and O–H groups in total. The Labute approximate surface area is 106 Å². The van der Waals surface area contributed by atoms with E-state index in [2.05, 4.69) is 4.99 Å². The molecule has 1 fully saturated rings. The number of rotatable bonds is 1. The second-order valence-electron chi connectivity index (χ2n) is 5.24. The monoisotopic (exact) mass is 249 g/mol. The van der Waals surface area contributed by atoms with Gasteiger partial charge in [-0.15, -0.1) is 0 Å². The Bertz CT molecular complexity index is 430. The van der Waals surface area contributed by atoms with Gasteiger partial charge in [0, 0.05) is 10.3 Å². The SMILES string of the molecule is N/C=N/c1nc2c(s1)CCCC21CCCCC1. The summed E-state index contributed by atoms with van der Waals surface area (Å²) in [6.07, 6.45) is 12.0. The van der Waals surface area contributed by atoms with Crippen molar-refractivity contribution in [1.82, 2.24) is 4.98 Å². The van der Waals surface area contributed by atoms with Gasteiger partial charge < -0.3 is 5.73 Å². The van der Waals surface area contributed by atoms with Crippen LogP contribution in [0.5, 0.6) is 0 Å². The molecule has 2 aliphatic carbocycles. The second kappa shape index (κ2) is 4.41. The summed E-state index contributed by atoms with van der Waals surface area (Å²) in [5.41, 5.74) is 7.13. The van der Waals surface area contributed by atoms with Crippen LogP contribution >= 0.6 is 11.3 Å². The van der Waals surface area contributed by atoms with Gasteiger partial charge in [0.05, 0.1) is 12.0 Å². The van der Waals surface area contributed by atoms with Crippen LogP contribution in [0.15, 0.2) is 4.99 Å². The molecule has 0 aliphatic heterocycles. The molecule has 0 amide bonds. The maximum absolute atomic E-state index is 5.36. The maximum atomic E-state index is 5.36. The third kappa shape index (κ3) is 1.88. The lowest BCUT2D eigenvalue weighted by Gasteiger charge is -2.39. The number of hydrogen-bond donors (Lipinski definition) is 1. The van der Waals surface area contributed by atoms with Crippen molar-refractivity contribution in [3.05, 3.63) is 10.6 Å². The van der Waals surface area contributed by atoms with Crippen LogP contribution in [0.4, 0.5) is 5.13 Å². The standard InChI is InChI=1S/C13H19N3S/c14-9-15-12-16-11-10(17-12)5-4-8-13(11)6-2-1-3-7-13/h9H,1-8H2,(H2,14,15,16). The van der Waals surface area contributed by atoms with E-state index in [0.717, 1.165) is 5.13 Å². The van der Waals surface area contributed by atoms with Gasteiger partial charge in [-0.05, 0) is 32.1 Å². The van der Waals surface area contributed by atoms with Crippen LogP contribution in [0, 0.1) is 0 Å². The van der Waals surface area contributed by atoms with Crippen LogP contribution in [-0.2, 0) is 11.8 Å². The van der Waals surface area contributed by atoms with Crippen molar-refractivity contribution in [3.63, 3.8) is 0 Å². The number of aromatic nitrogens is 1. The van der Waals surface area contributed by atoms with Gasteiger partial charge >= 0.3 is 0 Å². The molecule has 0 saturated heterocycles. The van der Waals surface area contributed by atoms with Crippen molar-refractivity contribution < 1.29 is 0 Å². The topological polar surface area (TPSA) is 51.3 Å². The lowest BCUT2D eigenvalue weighted by Crippen LogP contribution is -2.33. The van der Waals surface area contributed by atoms with Gasteiger partial charge in [-0.25, -0.2) is 9.98 Å². The molecular weight excluding hydrogens is 230 g/mol. The summed E-state index contributed by atoms with van der Waals surface area (Å²) in [7, 11) is 0. The first kappa shape index (κ1) is 11.2. The van der Waals surface area contributed by atoms with Crippen molar-refractivity contribution in [3.8, 4) is 0 Å². The van der Waals surface area contributed by atoms with E-state index in [1.54, 1.807) is 11.3 Å². The zero-order valence-corrected chi connectivity index (χ0v) is 10.9. The van der Waals surface area contributed by atoms with Crippen LogP contribution in [-0.4, -0.2) is 11.3 Å². The Hall–Kier alpha value is -0.900. The summed E-state index contributed by atoms with van der Waals surface area (Å²) in [5.74, 6) is 0. The number of nitrogens with zero attached hydrogens (tertiary/aromatic N) is 2. The molecule has 0 atom stereocenters. The van der Waals surface area contributed by atoms with Gasteiger partial charge in [0.15, 0.2) is 0 Å². The fourth-order valence-corrected chi connectivity index (χ4v) is 4.54. The van der Waals surface area contributed by atoms with Crippen molar-refractivity contribution in [1.29, 1.82) is 0 Å². The van der Waals surface area contributed by atoms with Crippen LogP contribution in [0.2, 0.25) is 0 Å². The molecule has 3 nitrogen and oxygen atoms in total. The molecule has 2 aliphatic rings. The van der Waals surface area contributed by atoms with Crippen LogP contribution in [0.25, 0.3) is 0 Å². The first-order chi connectivity index (χ1) is 8.34. The Morgan fingerprint density at radius 1 is 1.18 bits per heavy atom. The number of fused-ring (bicyclic) bond motifs is 2. The Kier molecular flexibility index (Phi) is 2.90. The summed E-state index contributed by atoms with van der Waals surface area (Å²) < 4.78 is 0. The minimum absolute atomic E-state index is 0.394. The molecule has 0 radical (unpaired) electrons. The normalized spacial score (nSPS) is 23.1. The zero-order chi connectivity index (χ0) is 11.7. The highest BCUT2D eigenvalue weighted by Gasteiger charge is 2.40. The molecule has 0 unspecified atom stereocenters. The molecule has 0 bridgehead atoms. The van der Waals surface area contributed by atoms with E-state index in [0.29, 0.717) is 5.41 Å². The summed E-state index contributed by atoms with van der Waals surface area (Å²) in [5, 5.41) is 0.851. The number of nitrogens with two attached hydrogens (primary N) is 1. The molecule has 17 heavy (non-hydrogen) atoms. The van der Waals surface area contributed by atoms with Crippen molar-refractivity contribution in [2.45, 2.75) is 56.8 Å². The van der Waals surface area contributed by atoms with E-state index in [1.807, 2.05) is 0 Å². The van der Waals surface area contributed by atoms with Crippen molar-refractivity contribution in [2.24, 2.45) is 10.7 Å². The van der Waals surface area contributed by atoms with Gasteiger partial charge in [-0.3, -0.25) is 0 Å². The second-order valence-corrected chi connectivity index (χ2v) is 6.30. The number of aliphatic imine (C=N–C) groups is 1. The number of hydrogen-bond acceptors (Lipinski definition) is 3. The average Bonchev–Trinajstić information content (AvgIpc) is 2.75. The number of aryl methyl sites for hydroxylation is 1. The highest BCUT2D eigenvalue weighted by molar-refractivity contribution is 7.15. The summed E-state index contributed by atoms with van der Waals surface area (Å²) in [6.45, 7) is 0. The smallest absolute Gasteiger partial charge is 0.210 e. The molecule has 1 spiro atoms. The fourth-order valence-electron chi connectivity index (χ4n) is 3.46. The van der Waals surface area contributed by atoms with Gasteiger partial charge in [0.1, 0.15) is 0 Å². The van der Waals surface area contributed by atoms with E-state index in [9.17, 15) is 0 Å². The van der Waals surface area contributed by atoms with E-state index < -0.39 is 0 Å². The molecular formula is C13H19N3S. The molecule has 1 aromatic rings. The van der Waals surface area contributed by atoms with Gasteiger partial charge in [0.2, 0.25) is 5.13 Å². The Morgan fingerprint density at radius 2 is 1.94 bits per heavy atom. The van der Waals surface area contributed by atoms with Crippen LogP contribution in [0.1, 0.15) is 55.5 Å². The largest absolute Gasteiger partial charge is 0.390 e. The minimum Gasteiger partial charge on any atom is -0.390 e. The van der Waals surface area contributed by atoms with Crippen molar-refractivity contribution in [2.75, 3.05) is 0 Å². The predicted molar refractivity (Wildman–Crippen MR) is 72.2 cm³/mol. The molecule has 1 aromatic heterocycles. The molecule has 3 rings (SSSR count). The molecule has 1 saturated carbocycles. The summed E-state index contributed by atoms with van der Waals surface area (Å²) in [6, 6.07) is 0. The fraction of sp³-hybridized carbons (Fsp3) is 0.692.